The van der Waals surface area contributed by atoms with E-state index in [-0.39, 0.29) is 17.8 Å². The molecule has 1 N–H and O–H groups in total. The van der Waals surface area contributed by atoms with Crippen molar-refractivity contribution in [2.24, 2.45) is 7.05 Å². The van der Waals surface area contributed by atoms with Crippen LogP contribution in [0.4, 0.5) is 6.01 Å². The fourth-order valence-electron chi connectivity index (χ4n) is 2.66. The van der Waals surface area contributed by atoms with Crippen LogP contribution in [-0.2, 0) is 7.05 Å². The van der Waals surface area contributed by atoms with E-state index in [1.54, 1.807) is 16.8 Å². The van der Waals surface area contributed by atoms with E-state index in [2.05, 4.69) is 20.6 Å². The van der Waals surface area contributed by atoms with E-state index in [0.717, 1.165) is 16.8 Å². The number of hydrogen-bond donors (Lipinski definition) is 1. The minimum atomic E-state index is -0.318. The SMILES string of the molecule is Cc1cc(-c2nnc(NC(=O)c3ccc(-c4ccccc4)cc3)o2)nn1C. The molecule has 0 aliphatic carbocycles. The third-order valence-electron chi connectivity index (χ3n) is 4.23. The van der Waals surface area contributed by atoms with Gasteiger partial charge in [-0.05, 0) is 36.2 Å². The maximum absolute atomic E-state index is 12.4. The molecule has 134 valence electrons. The quantitative estimate of drug-likeness (QED) is 0.600. The Hall–Kier alpha value is -3.74. The molecule has 0 fully saturated rings. The van der Waals surface area contributed by atoms with E-state index in [1.165, 1.54) is 0 Å². The van der Waals surface area contributed by atoms with E-state index in [0.29, 0.717) is 11.3 Å². The standard InChI is InChI=1S/C20H17N5O2/c1-13-12-17(24-25(13)2)19-22-23-20(27-19)21-18(26)16-10-8-15(9-11-16)14-6-4-3-5-7-14/h3-12H,1-2H3,(H,21,23,26). The Labute approximate surface area is 155 Å². The number of anilines is 1. The number of aromatic nitrogens is 4. The third-order valence-corrected chi connectivity index (χ3v) is 4.23. The summed E-state index contributed by atoms with van der Waals surface area (Å²) in [6.45, 7) is 1.93. The Morgan fingerprint density at radius 3 is 2.37 bits per heavy atom. The fourth-order valence-corrected chi connectivity index (χ4v) is 2.66. The van der Waals surface area contributed by atoms with Gasteiger partial charge in [0.05, 0.1) is 0 Å². The molecule has 0 atom stereocenters. The summed E-state index contributed by atoms with van der Waals surface area (Å²) in [5.74, 6) is -0.0598. The van der Waals surface area contributed by atoms with Gasteiger partial charge in [-0.3, -0.25) is 14.8 Å². The van der Waals surface area contributed by atoms with Crippen LogP contribution in [0.3, 0.4) is 0 Å². The monoisotopic (exact) mass is 359 g/mol. The van der Waals surface area contributed by atoms with Crippen LogP contribution in [0.5, 0.6) is 0 Å². The van der Waals surface area contributed by atoms with Crippen molar-refractivity contribution >= 4 is 11.9 Å². The van der Waals surface area contributed by atoms with Gasteiger partial charge >= 0.3 is 6.01 Å². The molecule has 2 heterocycles. The second kappa shape index (κ2) is 6.87. The molecule has 2 aromatic heterocycles. The zero-order chi connectivity index (χ0) is 18.8. The molecule has 2 aromatic carbocycles. The predicted molar refractivity (Wildman–Crippen MR) is 101 cm³/mol. The molecule has 7 heteroatoms. The lowest BCUT2D eigenvalue weighted by atomic mass is 10.0. The van der Waals surface area contributed by atoms with Gasteiger partial charge in [-0.2, -0.15) is 5.10 Å². The second-order valence-corrected chi connectivity index (χ2v) is 6.10. The van der Waals surface area contributed by atoms with Crippen LogP contribution in [-0.4, -0.2) is 25.9 Å². The summed E-state index contributed by atoms with van der Waals surface area (Å²) in [5, 5.41) is 14.7. The average Bonchev–Trinajstić information content (AvgIpc) is 3.29. The highest BCUT2D eigenvalue weighted by Crippen LogP contribution is 2.21. The summed E-state index contributed by atoms with van der Waals surface area (Å²) in [6, 6.07) is 19.2. The number of nitrogens with one attached hydrogen (secondary N) is 1. The van der Waals surface area contributed by atoms with Crippen molar-refractivity contribution < 1.29 is 9.21 Å². The molecule has 1 amide bonds. The number of carbonyl (C=O) groups is 1. The van der Waals surface area contributed by atoms with E-state index >= 15 is 0 Å². The topological polar surface area (TPSA) is 85.8 Å². The molecule has 0 aliphatic rings. The number of hydrogen-bond acceptors (Lipinski definition) is 5. The summed E-state index contributed by atoms with van der Waals surface area (Å²) >= 11 is 0. The number of amides is 1. The minimum absolute atomic E-state index is 0.0328. The van der Waals surface area contributed by atoms with Crippen molar-refractivity contribution in [2.75, 3.05) is 5.32 Å². The molecule has 0 saturated heterocycles. The first kappa shape index (κ1) is 16.7. The van der Waals surface area contributed by atoms with Crippen LogP contribution in [0.15, 0.2) is 65.1 Å². The zero-order valence-corrected chi connectivity index (χ0v) is 14.9. The molecule has 4 rings (SSSR count). The first-order valence-corrected chi connectivity index (χ1v) is 8.41. The van der Waals surface area contributed by atoms with Crippen LogP contribution >= 0.6 is 0 Å². The lowest BCUT2D eigenvalue weighted by molar-refractivity contribution is 0.102. The summed E-state index contributed by atoms with van der Waals surface area (Å²) in [7, 11) is 1.83. The molecule has 0 unspecified atom stereocenters. The van der Waals surface area contributed by atoms with Gasteiger partial charge in [0.15, 0.2) is 0 Å². The van der Waals surface area contributed by atoms with Crippen LogP contribution in [0.25, 0.3) is 22.7 Å². The molecule has 4 aromatic rings. The number of benzene rings is 2. The number of nitrogens with zero attached hydrogens (tertiary/aromatic N) is 4. The molecule has 0 aliphatic heterocycles. The lowest BCUT2D eigenvalue weighted by Crippen LogP contribution is -2.11. The van der Waals surface area contributed by atoms with Gasteiger partial charge in [0.1, 0.15) is 5.69 Å². The van der Waals surface area contributed by atoms with Crippen molar-refractivity contribution in [3.63, 3.8) is 0 Å². The van der Waals surface area contributed by atoms with E-state index < -0.39 is 0 Å². The molecule has 0 bridgehead atoms. The van der Waals surface area contributed by atoms with Gasteiger partial charge in [-0.25, -0.2) is 0 Å². The van der Waals surface area contributed by atoms with Crippen molar-refractivity contribution in [3.05, 3.63) is 71.9 Å². The largest absolute Gasteiger partial charge is 0.401 e. The second-order valence-electron chi connectivity index (χ2n) is 6.10. The molecule has 27 heavy (non-hydrogen) atoms. The lowest BCUT2D eigenvalue weighted by Gasteiger charge is -2.04. The molecule has 0 saturated carbocycles. The van der Waals surface area contributed by atoms with Crippen LogP contribution in [0, 0.1) is 6.92 Å². The number of carbonyl (C=O) groups excluding carboxylic acids is 1. The summed E-state index contributed by atoms with van der Waals surface area (Å²) < 4.78 is 7.21. The summed E-state index contributed by atoms with van der Waals surface area (Å²) in [4.78, 5) is 12.4. The average molecular weight is 359 g/mol. The molecule has 7 nitrogen and oxygen atoms in total. The van der Waals surface area contributed by atoms with E-state index in [4.69, 9.17) is 4.42 Å². The Bertz CT molecular complexity index is 1060. The van der Waals surface area contributed by atoms with E-state index in [1.807, 2.05) is 62.5 Å². The summed E-state index contributed by atoms with van der Waals surface area (Å²) in [6.07, 6.45) is 0. The Kier molecular flexibility index (Phi) is 4.25. The van der Waals surface area contributed by atoms with E-state index in [9.17, 15) is 4.79 Å². The maximum atomic E-state index is 12.4. The fraction of sp³-hybridized carbons (Fsp3) is 0.100. The number of rotatable bonds is 4. The van der Waals surface area contributed by atoms with Crippen molar-refractivity contribution in [3.8, 4) is 22.7 Å². The Balaban J connectivity index is 1.48. The first-order chi connectivity index (χ1) is 13.1. The number of aryl methyl sites for hydroxylation is 2. The summed E-state index contributed by atoms with van der Waals surface area (Å²) in [5.41, 5.74) is 4.17. The Morgan fingerprint density at radius 1 is 1.00 bits per heavy atom. The van der Waals surface area contributed by atoms with Crippen LogP contribution in [0.2, 0.25) is 0 Å². The van der Waals surface area contributed by atoms with Gasteiger partial charge in [0.25, 0.3) is 11.8 Å². The Morgan fingerprint density at radius 2 is 1.70 bits per heavy atom. The molecular weight excluding hydrogens is 342 g/mol. The normalized spacial score (nSPS) is 10.7. The highest BCUT2D eigenvalue weighted by molar-refractivity contribution is 6.03. The zero-order valence-electron chi connectivity index (χ0n) is 14.9. The van der Waals surface area contributed by atoms with Gasteiger partial charge < -0.3 is 4.42 Å². The van der Waals surface area contributed by atoms with Crippen molar-refractivity contribution in [1.82, 2.24) is 20.0 Å². The maximum Gasteiger partial charge on any atom is 0.322 e. The predicted octanol–water partition coefficient (Wildman–Crippen LogP) is 3.70. The molecular formula is C20H17N5O2. The first-order valence-electron chi connectivity index (χ1n) is 8.41. The van der Waals surface area contributed by atoms with Crippen LogP contribution in [0.1, 0.15) is 16.1 Å². The molecule has 0 spiro atoms. The van der Waals surface area contributed by atoms with Gasteiger partial charge in [0.2, 0.25) is 0 Å². The highest BCUT2D eigenvalue weighted by Gasteiger charge is 2.15. The van der Waals surface area contributed by atoms with Gasteiger partial charge in [0, 0.05) is 18.3 Å². The van der Waals surface area contributed by atoms with Crippen molar-refractivity contribution in [2.45, 2.75) is 6.92 Å². The highest BCUT2D eigenvalue weighted by atomic mass is 16.4. The molecule has 0 radical (unpaired) electrons. The van der Waals surface area contributed by atoms with Gasteiger partial charge in [-0.15, -0.1) is 5.10 Å². The van der Waals surface area contributed by atoms with Crippen LogP contribution < -0.4 is 5.32 Å². The smallest absolute Gasteiger partial charge is 0.322 e. The minimum Gasteiger partial charge on any atom is -0.401 e. The van der Waals surface area contributed by atoms with Gasteiger partial charge in [-0.1, -0.05) is 47.6 Å². The third kappa shape index (κ3) is 3.48. The van der Waals surface area contributed by atoms with Crippen molar-refractivity contribution in [1.29, 1.82) is 0 Å².